The minimum absolute atomic E-state index is 0.00950. The molecule has 0 bridgehead atoms. The van der Waals surface area contributed by atoms with Crippen LogP contribution in [0.5, 0.6) is 0 Å². The molecule has 0 heterocycles. The van der Waals surface area contributed by atoms with Crippen molar-refractivity contribution in [1.82, 2.24) is 15.5 Å². The SMILES string of the molecule is CCN(C(=O)C(CCCN=C(N)N)NCCNC(=O)Cc1ccc(-c2ccccc2)cc1)C(c1ccccc1)c1ccccc1. The van der Waals surface area contributed by atoms with Crippen LogP contribution in [0.25, 0.3) is 11.1 Å². The highest BCUT2D eigenvalue weighted by molar-refractivity contribution is 5.83. The summed E-state index contributed by atoms with van der Waals surface area (Å²) in [6.45, 7) is 3.79. The van der Waals surface area contributed by atoms with Crippen molar-refractivity contribution in [1.29, 1.82) is 0 Å². The number of guanidine groups is 1. The summed E-state index contributed by atoms with van der Waals surface area (Å²) >= 11 is 0. The Morgan fingerprint density at radius 1 is 0.756 bits per heavy atom. The standard InChI is InChI=1S/C37H44N6O2/c1-2-43(35(31-15-8-4-9-16-31)32-17-10-5-11-18-32)36(45)33(19-12-24-42-37(38)39)40-25-26-41-34(44)27-28-20-22-30(23-21-28)29-13-6-3-7-14-29/h3-11,13-18,20-23,33,35,40H,2,12,19,24-27H2,1H3,(H,41,44)(H4,38,39,42). The minimum Gasteiger partial charge on any atom is -0.370 e. The number of rotatable bonds is 16. The summed E-state index contributed by atoms with van der Waals surface area (Å²) in [5.74, 6) is -0.0419. The zero-order valence-electron chi connectivity index (χ0n) is 25.9. The molecule has 0 radical (unpaired) electrons. The van der Waals surface area contributed by atoms with Crippen molar-refractivity contribution >= 4 is 17.8 Å². The summed E-state index contributed by atoms with van der Waals surface area (Å²) in [7, 11) is 0. The van der Waals surface area contributed by atoms with Gasteiger partial charge >= 0.3 is 0 Å². The Balaban J connectivity index is 1.39. The van der Waals surface area contributed by atoms with Crippen LogP contribution in [0.1, 0.15) is 42.5 Å². The second-order valence-electron chi connectivity index (χ2n) is 10.9. The van der Waals surface area contributed by atoms with E-state index < -0.39 is 6.04 Å². The van der Waals surface area contributed by atoms with Crippen molar-refractivity contribution in [3.63, 3.8) is 0 Å². The summed E-state index contributed by atoms with van der Waals surface area (Å²) in [5, 5.41) is 6.40. The van der Waals surface area contributed by atoms with Crippen LogP contribution < -0.4 is 22.1 Å². The lowest BCUT2D eigenvalue weighted by Crippen LogP contribution is -2.49. The van der Waals surface area contributed by atoms with Crippen LogP contribution in [0.2, 0.25) is 0 Å². The van der Waals surface area contributed by atoms with Crippen molar-refractivity contribution in [2.45, 2.75) is 38.3 Å². The van der Waals surface area contributed by atoms with Crippen LogP contribution in [0.3, 0.4) is 0 Å². The number of carbonyl (C=O) groups excluding carboxylic acids is 2. The Labute approximate surface area is 266 Å². The number of hydrogen-bond acceptors (Lipinski definition) is 4. The van der Waals surface area contributed by atoms with Gasteiger partial charge in [-0.2, -0.15) is 0 Å². The molecule has 8 heteroatoms. The smallest absolute Gasteiger partial charge is 0.240 e. The van der Waals surface area contributed by atoms with Gasteiger partial charge in [0, 0.05) is 26.2 Å². The second-order valence-corrected chi connectivity index (χ2v) is 10.9. The maximum absolute atomic E-state index is 14.2. The highest BCUT2D eigenvalue weighted by atomic mass is 16.2. The van der Waals surface area contributed by atoms with Gasteiger partial charge in [-0.05, 0) is 47.6 Å². The first-order valence-corrected chi connectivity index (χ1v) is 15.6. The second kappa shape index (κ2) is 17.4. The van der Waals surface area contributed by atoms with Gasteiger partial charge in [-0.15, -0.1) is 0 Å². The normalized spacial score (nSPS) is 11.5. The van der Waals surface area contributed by atoms with Crippen LogP contribution in [0.4, 0.5) is 0 Å². The van der Waals surface area contributed by atoms with Crippen molar-refractivity contribution in [2.24, 2.45) is 16.5 Å². The van der Waals surface area contributed by atoms with Crippen LogP contribution in [-0.4, -0.2) is 54.9 Å². The summed E-state index contributed by atoms with van der Waals surface area (Å²) in [4.78, 5) is 32.9. The maximum Gasteiger partial charge on any atom is 0.240 e. The highest BCUT2D eigenvalue weighted by Crippen LogP contribution is 2.29. The van der Waals surface area contributed by atoms with E-state index in [1.165, 1.54) is 0 Å². The Hall–Kier alpha value is -4.95. The topological polar surface area (TPSA) is 126 Å². The first-order chi connectivity index (χ1) is 22.0. The number of amides is 2. The molecule has 0 aliphatic rings. The largest absolute Gasteiger partial charge is 0.370 e. The van der Waals surface area contributed by atoms with E-state index in [0.717, 1.165) is 27.8 Å². The number of nitrogens with one attached hydrogen (secondary N) is 2. The molecule has 8 nitrogen and oxygen atoms in total. The van der Waals surface area contributed by atoms with Gasteiger partial charge in [0.1, 0.15) is 0 Å². The third-order valence-electron chi connectivity index (χ3n) is 7.67. The van der Waals surface area contributed by atoms with E-state index in [0.29, 0.717) is 39.0 Å². The fourth-order valence-corrected chi connectivity index (χ4v) is 5.45. The number of likely N-dealkylation sites (N-methyl/N-ethyl adjacent to an activating group) is 1. The zero-order chi connectivity index (χ0) is 31.9. The van der Waals surface area contributed by atoms with Gasteiger partial charge in [0.05, 0.1) is 18.5 Å². The van der Waals surface area contributed by atoms with Crippen LogP contribution >= 0.6 is 0 Å². The van der Waals surface area contributed by atoms with Gasteiger partial charge in [-0.3, -0.25) is 14.6 Å². The Morgan fingerprint density at radius 3 is 1.87 bits per heavy atom. The fraction of sp³-hybridized carbons (Fsp3) is 0.270. The molecule has 4 aromatic carbocycles. The van der Waals surface area contributed by atoms with Crippen LogP contribution in [0, 0.1) is 0 Å². The van der Waals surface area contributed by atoms with E-state index in [9.17, 15) is 9.59 Å². The molecule has 0 fully saturated rings. The number of hydrogen-bond donors (Lipinski definition) is 4. The first kappa shape index (κ1) is 33.0. The van der Waals surface area contributed by atoms with Gasteiger partial charge < -0.3 is 27.0 Å². The molecule has 1 atom stereocenters. The lowest BCUT2D eigenvalue weighted by molar-refractivity contribution is -0.135. The molecule has 0 aromatic heterocycles. The summed E-state index contributed by atoms with van der Waals surface area (Å²) < 4.78 is 0. The molecule has 45 heavy (non-hydrogen) atoms. The van der Waals surface area contributed by atoms with Gasteiger partial charge in [0.15, 0.2) is 5.96 Å². The summed E-state index contributed by atoms with van der Waals surface area (Å²) in [6.07, 6.45) is 1.46. The van der Waals surface area contributed by atoms with E-state index >= 15 is 0 Å². The van der Waals surface area contributed by atoms with Crippen LogP contribution in [-0.2, 0) is 16.0 Å². The van der Waals surface area contributed by atoms with Crippen molar-refractivity contribution in [3.05, 3.63) is 132 Å². The third-order valence-corrected chi connectivity index (χ3v) is 7.67. The van der Waals surface area contributed by atoms with E-state index in [1.807, 2.05) is 90.7 Å². The van der Waals surface area contributed by atoms with Gasteiger partial charge in [0.2, 0.25) is 11.8 Å². The molecule has 0 saturated heterocycles. The Morgan fingerprint density at radius 2 is 1.31 bits per heavy atom. The molecule has 4 aromatic rings. The Bertz CT molecular complexity index is 1450. The molecular formula is C37H44N6O2. The molecule has 0 spiro atoms. The Kier molecular flexibility index (Phi) is 12.7. The molecule has 4 rings (SSSR count). The fourth-order valence-electron chi connectivity index (χ4n) is 5.45. The number of nitrogens with two attached hydrogens (primary N) is 2. The molecule has 1 unspecified atom stereocenters. The predicted octanol–water partition coefficient (Wildman–Crippen LogP) is 4.66. The lowest BCUT2D eigenvalue weighted by Gasteiger charge is -2.35. The molecular weight excluding hydrogens is 560 g/mol. The van der Waals surface area contributed by atoms with E-state index in [2.05, 4.69) is 52.0 Å². The number of carbonyl (C=O) groups is 2. The average molecular weight is 605 g/mol. The van der Waals surface area contributed by atoms with E-state index in [1.54, 1.807) is 0 Å². The molecule has 0 saturated carbocycles. The van der Waals surface area contributed by atoms with E-state index in [4.69, 9.17) is 11.5 Å². The van der Waals surface area contributed by atoms with Gasteiger partial charge in [-0.25, -0.2) is 0 Å². The summed E-state index contributed by atoms with van der Waals surface area (Å²) in [6, 6.07) is 37.6. The molecule has 0 aliphatic carbocycles. The van der Waals surface area contributed by atoms with Crippen molar-refractivity contribution in [2.75, 3.05) is 26.2 Å². The van der Waals surface area contributed by atoms with E-state index in [-0.39, 0.29) is 30.2 Å². The molecule has 0 aliphatic heterocycles. The third kappa shape index (κ3) is 10.0. The minimum atomic E-state index is -0.475. The average Bonchev–Trinajstić information content (AvgIpc) is 3.07. The predicted molar refractivity (Wildman–Crippen MR) is 182 cm³/mol. The number of aliphatic imine (C=N–C) groups is 1. The monoisotopic (exact) mass is 604 g/mol. The molecule has 2 amide bonds. The van der Waals surface area contributed by atoms with Crippen molar-refractivity contribution < 1.29 is 9.59 Å². The molecule has 6 N–H and O–H groups in total. The maximum atomic E-state index is 14.2. The lowest BCUT2D eigenvalue weighted by atomic mass is 9.96. The number of benzene rings is 4. The highest BCUT2D eigenvalue weighted by Gasteiger charge is 2.30. The number of nitrogens with zero attached hydrogens (tertiary/aromatic N) is 2. The quantitative estimate of drug-likeness (QED) is 0.0841. The van der Waals surface area contributed by atoms with Gasteiger partial charge in [0.25, 0.3) is 0 Å². The van der Waals surface area contributed by atoms with Gasteiger partial charge in [-0.1, -0.05) is 115 Å². The zero-order valence-corrected chi connectivity index (χ0v) is 25.9. The first-order valence-electron chi connectivity index (χ1n) is 15.6. The van der Waals surface area contributed by atoms with Crippen molar-refractivity contribution in [3.8, 4) is 11.1 Å². The molecule has 234 valence electrons. The van der Waals surface area contributed by atoms with Crippen LogP contribution in [0.15, 0.2) is 120 Å². The summed E-state index contributed by atoms with van der Waals surface area (Å²) in [5.41, 5.74) is 16.3.